The van der Waals surface area contributed by atoms with Crippen LogP contribution in [0.5, 0.6) is 0 Å². The average molecular weight is 324 g/mol. The molecule has 0 bridgehead atoms. The summed E-state index contributed by atoms with van der Waals surface area (Å²) in [5.41, 5.74) is 1.67. The van der Waals surface area contributed by atoms with Gasteiger partial charge in [0, 0.05) is 22.5 Å². The highest BCUT2D eigenvalue weighted by molar-refractivity contribution is 9.10. The molecule has 1 aliphatic heterocycles. The second kappa shape index (κ2) is 5.55. The van der Waals surface area contributed by atoms with E-state index in [1.807, 2.05) is 0 Å². The predicted molar refractivity (Wildman–Crippen MR) is 81.2 cm³/mol. The first-order valence-electron chi connectivity index (χ1n) is 7.29. The summed E-state index contributed by atoms with van der Waals surface area (Å²) in [5.74, 6) is 0. The summed E-state index contributed by atoms with van der Waals surface area (Å²) in [6.07, 6.45) is 5.52. The average Bonchev–Trinajstić information content (AvgIpc) is 2.79. The minimum absolute atomic E-state index is 0.164. The maximum atomic E-state index is 6.31. The summed E-state index contributed by atoms with van der Waals surface area (Å²) in [5, 5.41) is 3.70. The number of halogens is 1. The molecule has 1 aromatic carbocycles. The quantitative estimate of drug-likeness (QED) is 0.841. The molecule has 1 heterocycles. The monoisotopic (exact) mass is 323 g/mol. The van der Waals surface area contributed by atoms with Gasteiger partial charge in [0.1, 0.15) is 0 Å². The Hall–Kier alpha value is -0.380. The third-order valence-electron chi connectivity index (χ3n) is 4.66. The van der Waals surface area contributed by atoms with Crippen molar-refractivity contribution in [3.8, 4) is 0 Å². The van der Waals surface area contributed by atoms with Crippen molar-refractivity contribution in [2.24, 2.45) is 5.41 Å². The van der Waals surface area contributed by atoms with Gasteiger partial charge >= 0.3 is 0 Å². The van der Waals surface area contributed by atoms with Gasteiger partial charge in [0.05, 0.1) is 12.7 Å². The zero-order chi connectivity index (χ0) is 13.3. The van der Waals surface area contributed by atoms with E-state index in [0.717, 1.165) is 17.6 Å². The normalized spacial score (nSPS) is 30.4. The summed E-state index contributed by atoms with van der Waals surface area (Å²) in [4.78, 5) is 0. The molecule has 1 spiro atoms. The van der Waals surface area contributed by atoms with E-state index in [0.29, 0.717) is 11.5 Å². The summed E-state index contributed by atoms with van der Waals surface area (Å²) in [6, 6.07) is 8.87. The van der Waals surface area contributed by atoms with E-state index in [9.17, 15) is 0 Å². The number of ether oxygens (including phenoxy) is 1. The van der Waals surface area contributed by atoms with E-state index in [4.69, 9.17) is 4.74 Å². The molecule has 2 atom stereocenters. The Labute approximate surface area is 124 Å². The van der Waals surface area contributed by atoms with E-state index in [-0.39, 0.29) is 6.10 Å². The molecular weight excluding hydrogens is 302 g/mol. The van der Waals surface area contributed by atoms with Crippen molar-refractivity contribution >= 4 is 15.9 Å². The molecule has 3 heteroatoms. The van der Waals surface area contributed by atoms with Gasteiger partial charge < -0.3 is 10.1 Å². The van der Waals surface area contributed by atoms with Crippen molar-refractivity contribution < 1.29 is 4.74 Å². The molecule has 2 fully saturated rings. The summed E-state index contributed by atoms with van der Waals surface area (Å²) in [6.45, 7) is 4.25. The maximum Gasteiger partial charge on any atom is 0.0975 e. The topological polar surface area (TPSA) is 21.3 Å². The zero-order valence-electron chi connectivity index (χ0n) is 11.5. The van der Waals surface area contributed by atoms with Crippen molar-refractivity contribution in [1.29, 1.82) is 0 Å². The highest BCUT2D eigenvalue weighted by Crippen LogP contribution is 2.41. The van der Waals surface area contributed by atoms with Crippen molar-refractivity contribution in [3.63, 3.8) is 0 Å². The Morgan fingerprint density at radius 1 is 1.32 bits per heavy atom. The Morgan fingerprint density at radius 2 is 2.11 bits per heavy atom. The minimum atomic E-state index is 0.164. The highest BCUT2D eigenvalue weighted by atomic mass is 79.9. The summed E-state index contributed by atoms with van der Waals surface area (Å²) >= 11 is 3.55. The van der Waals surface area contributed by atoms with Crippen LogP contribution in [0.3, 0.4) is 0 Å². The minimum Gasteiger partial charge on any atom is -0.371 e. The number of hydrogen-bond donors (Lipinski definition) is 1. The lowest BCUT2D eigenvalue weighted by atomic mass is 9.87. The molecule has 1 saturated carbocycles. The van der Waals surface area contributed by atoms with Gasteiger partial charge in [-0.15, -0.1) is 0 Å². The van der Waals surface area contributed by atoms with Crippen LogP contribution in [0.2, 0.25) is 0 Å². The molecule has 2 aliphatic rings. The first-order chi connectivity index (χ1) is 9.19. The van der Waals surface area contributed by atoms with Crippen LogP contribution in [0.1, 0.15) is 44.3 Å². The second-order valence-corrected chi connectivity index (χ2v) is 7.08. The largest absolute Gasteiger partial charge is 0.371 e. The first kappa shape index (κ1) is 13.6. The van der Waals surface area contributed by atoms with Gasteiger partial charge in [0.15, 0.2) is 0 Å². The predicted octanol–water partition coefficient (Wildman–Crippen LogP) is 4.06. The van der Waals surface area contributed by atoms with Crippen LogP contribution in [0.15, 0.2) is 28.7 Å². The Balaban J connectivity index is 1.79. The number of hydrogen-bond acceptors (Lipinski definition) is 2. The third-order valence-corrected chi connectivity index (χ3v) is 5.16. The highest BCUT2D eigenvalue weighted by Gasteiger charge is 2.38. The second-order valence-electron chi connectivity index (χ2n) is 6.16. The Kier molecular flexibility index (Phi) is 3.97. The van der Waals surface area contributed by atoms with Crippen LogP contribution < -0.4 is 5.32 Å². The molecule has 1 saturated heterocycles. The third kappa shape index (κ3) is 2.88. The van der Waals surface area contributed by atoms with E-state index in [1.54, 1.807) is 0 Å². The van der Waals surface area contributed by atoms with E-state index < -0.39 is 0 Å². The van der Waals surface area contributed by atoms with Crippen molar-refractivity contribution in [2.45, 2.75) is 44.8 Å². The molecule has 1 N–H and O–H groups in total. The molecule has 19 heavy (non-hydrogen) atoms. The van der Waals surface area contributed by atoms with E-state index >= 15 is 0 Å². The fourth-order valence-corrected chi connectivity index (χ4v) is 3.88. The van der Waals surface area contributed by atoms with Gasteiger partial charge in [-0.25, -0.2) is 0 Å². The van der Waals surface area contributed by atoms with Crippen LogP contribution in [-0.4, -0.2) is 19.2 Å². The molecule has 0 radical (unpaired) electrons. The van der Waals surface area contributed by atoms with Gasteiger partial charge in [-0.1, -0.05) is 40.9 Å². The molecule has 0 amide bonds. The smallest absolute Gasteiger partial charge is 0.0975 e. The molecule has 104 valence electrons. The van der Waals surface area contributed by atoms with Gasteiger partial charge in [-0.05, 0) is 37.5 Å². The van der Waals surface area contributed by atoms with E-state index in [1.165, 1.54) is 31.2 Å². The molecule has 1 aliphatic carbocycles. The molecule has 1 aromatic rings. The van der Waals surface area contributed by atoms with Crippen LogP contribution in [0, 0.1) is 5.41 Å². The van der Waals surface area contributed by atoms with Crippen LogP contribution in [0.4, 0.5) is 0 Å². The molecule has 3 rings (SSSR count). The van der Waals surface area contributed by atoms with Gasteiger partial charge in [-0.3, -0.25) is 0 Å². The van der Waals surface area contributed by atoms with Crippen molar-refractivity contribution in [1.82, 2.24) is 5.32 Å². The summed E-state index contributed by atoms with van der Waals surface area (Å²) < 4.78 is 7.44. The Morgan fingerprint density at radius 3 is 2.84 bits per heavy atom. The van der Waals surface area contributed by atoms with Gasteiger partial charge in [0.25, 0.3) is 0 Å². The molecular formula is C16H22BrNO. The lowest BCUT2D eigenvalue weighted by Gasteiger charge is -2.26. The fourth-order valence-electron chi connectivity index (χ4n) is 3.46. The maximum absolute atomic E-state index is 6.31. The standard InChI is InChI=1S/C16H22BrNO/c1-12-15(13-5-4-6-14(17)9-13)19-11-16(10-18-12)7-2-3-8-16/h4-6,9,12,15,18H,2-3,7-8,10-11H2,1H3. The molecule has 2 nitrogen and oxygen atoms in total. The van der Waals surface area contributed by atoms with Crippen molar-refractivity contribution in [3.05, 3.63) is 34.3 Å². The summed E-state index contributed by atoms with van der Waals surface area (Å²) in [7, 11) is 0. The first-order valence-corrected chi connectivity index (χ1v) is 8.08. The SMILES string of the molecule is CC1NCC2(CCCC2)COC1c1cccc(Br)c1. The van der Waals surface area contributed by atoms with Crippen LogP contribution in [-0.2, 0) is 4.74 Å². The number of nitrogens with one attached hydrogen (secondary N) is 1. The molecule has 2 unspecified atom stereocenters. The fraction of sp³-hybridized carbons (Fsp3) is 0.625. The number of rotatable bonds is 1. The van der Waals surface area contributed by atoms with E-state index in [2.05, 4.69) is 52.4 Å². The van der Waals surface area contributed by atoms with Gasteiger partial charge in [-0.2, -0.15) is 0 Å². The lowest BCUT2D eigenvalue weighted by Crippen LogP contribution is -2.36. The molecule has 0 aromatic heterocycles. The number of benzene rings is 1. The Bertz CT molecular complexity index is 442. The van der Waals surface area contributed by atoms with Crippen LogP contribution in [0.25, 0.3) is 0 Å². The lowest BCUT2D eigenvalue weighted by molar-refractivity contribution is 0.00409. The van der Waals surface area contributed by atoms with Crippen LogP contribution >= 0.6 is 15.9 Å². The van der Waals surface area contributed by atoms with Gasteiger partial charge in [0.2, 0.25) is 0 Å². The van der Waals surface area contributed by atoms with Crippen molar-refractivity contribution in [2.75, 3.05) is 13.2 Å². The zero-order valence-corrected chi connectivity index (χ0v) is 13.1.